The summed E-state index contributed by atoms with van der Waals surface area (Å²) >= 11 is 0. The Morgan fingerprint density at radius 3 is 2.35 bits per heavy atom. The minimum atomic E-state index is -0.901. The number of fused-ring (bicyclic) bond motifs is 1. The summed E-state index contributed by atoms with van der Waals surface area (Å²) in [6, 6.07) is 9.77. The first kappa shape index (κ1) is 21.6. The molecule has 0 aliphatic carbocycles. The molecule has 0 aliphatic heterocycles. The number of benzene rings is 2. The minimum Gasteiger partial charge on any atom is -0.493 e. The molecular formula is C21H21N3O7. The molecule has 31 heavy (non-hydrogen) atoms. The zero-order valence-corrected chi connectivity index (χ0v) is 17.4. The summed E-state index contributed by atoms with van der Waals surface area (Å²) in [4.78, 5) is 39.2. The van der Waals surface area contributed by atoms with Gasteiger partial charge < -0.3 is 23.9 Å². The summed E-state index contributed by atoms with van der Waals surface area (Å²) in [5.74, 6) is 0.151. The maximum Gasteiger partial charge on any atom is 0.349 e. The van der Waals surface area contributed by atoms with E-state index in [0.29, 0.717) is 16.5 Å². The predicted octanol–water partition coefficient (Wildman–Crippen LogP) is 1.53. The highest BCUT2D eigenvalue weighted by atomic mass is 16.6. The van der Waals surface area contributed by atoms with Crippen molar-refractivity contribution < 1.29 is 23.7 Å². The molecule has 0 saturated carbocycles. The van der Waals surface area contributed by atoms with Crippen molar-refractivity contribution in [2.24, 2.45) is 5.10 Å². The number of para-hydroxylation sites is 1. The lowest BCUT2D eigenvalue weighted by molar-refractivity contribution is -0.148. The summed E-state index contributed by atoms with van der Waals surface area (Å²) in [5.41, 5.74) is -0.341. The highest BCUT2D eigenvalue weighted by molar-refractivity contribution is 5.83. The molecule has 162 valence electrons. The van der Waals surface area contributed by atoms with Crippen molar-refractivity contribution in [2.45, 2.75) is 13.0 Å². The Balaban J connectivity index is 2.02. The van der Waals surface area contributed by atoms with Gasteiger partial charge in [0.25, 0.3) is 5.56 Å². The van der Waals surface area contributed by atoms with Gasteiger partial charge in [-0.2, -0.15) is 5.10 Å². The van der Waals surface area contributed by atoms with Crippen LogP contribution in [0, 0.1) is 0 Å². The Kier molecular flexibility index (Phi) is 6.39. The van der Waals surface area contributed by atoms with Crippen LogP contribution in [-0.2, 0) is 9.53 Å². The van der Waals surface area contributed by atoms with E-state index < -0.39 is 23.3 Å². The summed E-state index contributed by atoms with van der Waals surface area (Å²) < 4.78 is 21.7. The number of esters is 1. The molecule has 1 N–H and O–H groups in total. The van der Waals surface area contributed by atoms with Crippen LogP contribution in [0.1, 0.15) is 12.5 Å². The number of nitrogens with zero attached hydrogens (tertiary/aromatic N) is 2. The van der Waals surface area contributed by atoms with E-state index in [2.05, 4.69) is 14.8 Å². The van der Waals surface area contributed by atoms with Crippen LogP contribution in [0.5, 0.6) is 17.2 Å². The van der Waals surface area contributed by atoms with E-state index in [9.17, 15) is 14.4 Å². The molecule has 1 aromatic heterocycles. The molecule has 0 aliphatic rings. The number of hydrogen-bond donors (Lipinski definition) is 1. The number of methoxy groups -OCH3 is 3. The third kappa shape index (κ3) is 4.42. The average Bonchev–Trinajstić information content (AvgIpc) is 2.78. The fraction of sp³-hybridized carbons (Fsp3) is 0.238. The highest BCUT2D eigenvalue weighted by Crippen LogP contribution is 2.39. The summed E-state index contributed by atoms with van der Waals surface area (Å²) in [6.07, 6.45) is 0.409. The lowest BCUT2D eigenvalue weighted by Gasteiger charge is -2.18. The van der Waals surface area contributed by atoms with E-state index in [0.717, 1.165) is 4.68 Å². The molecule has 1 heterocycles. The van der Waals surface area contributed by atoms with E-state index in [4.69, 9.17) is 14.2 Å². The van der Waals surface area contributed by atoms with E-state index >= 15 is 0 Å². The number of hydrogen-bond acceptors (Lipinski definition) is 8. The number of carbonyl (C=O) groups is 1. The molecule has 1 unspecified atom stereocenters. The van der Waals surface area contributed by atoms with E-state index in [-0.39, 0.29) is 17.2 Å². The Morgan fingerprint density at radius 2 is 1.74 bits per heavy atom. The van der Waals surface area contributed by atoms with Crippen molar-refractivity contribution >= 4 is 23.1 Å². The second-order valence-electron chi connectivity index (χ2n) is 6.38. The molecule has 10 nitrogen and oxygen atoms in total. The molecule has 0 saturated heterocycles. The molecule has 0 fully saturated rings. The topological polar surface area (TPSA) is 121 Å². The van der Waals surface area contributed by atoms with Gasteiger partial charge in [-0.05, 0) is 31.2 Å². The van der Waals surface area contributed by atoms with Gasteiger partial charge in [0.2, 0.25) is 5.75 Å². The predicted molar refractivity (Wildman–Crippen MR) is 113 cm³/mol. The Labute approximate surface area is 176 Å². The van der Waals surface area contributed by atoms with Gasteiger partial charge in [0.15, 0.2) is 17.6 Å². The number of H-pyrrole nitrogens is 1. The van der Waals surface area contributed by atoms with Gasteiger partial charge in [0.1, 0.15) is 0 Å². The van der Waals surface area contributed by atoms with Crippen LogP contribution in [-0.4, -0.2) is 49.3 Å². The quantitative estimate of drug-likeness (QED) is 0.448. The molecule has 0 radical (unpaired) electrons. The number of aromatic nitrogens is 2. The number of nitrogens with one attached hydrogen (secondary N) is 1. The molecular weight excluding hydrogens is 406 g/mol. The van der Waals surface area contributed by atoms with Crippen molar-refractivity contribution in [3.63, 3.8) is 0 Å². The molecule has 3 rings (SSSR count). The van der Waals surface area contributed by atoms with Gasteiger partial charge in [-0.1, -0.05) is 12.1 Å². The third-order valence-corrected chi connectivity index (χ3v) is 4.42. The maximum absolute atomic E-state index is 12.6. The fourth-order valence-electron chi connectivity index (χ4n) is 2.86. The fourth-order valence-corrected chi connectivity index (χ4v) is 2.86. The maximum atomic E-state index is 12.6. The second-order valence-corrected chi connectivity index (χ2v) is 6.38. The van der Waals surface area contributed by atoms with Crippen LogP contribution in [0.4, 0.5) is 0 Å². The smallest absolute Gasteiger partial charge is 0.349 e. The third-order valence-electron chi connectivity index (χ3n) is 4.42. The lowest BCUT2D eigenvalue weighted by Crippen LogP contribution is -2.32. The molecule has 2 aromatic carbocycles. The largest absolute Gasteiger partial charge is 0.493 e. The van der Waals surface area contributed by atoms with Gasteiger partial charge in [0.05, 0.1) is 38.4 Å². The molecule has 0 amide bonds. The van der Waals surface area contributed by atoms with Crippen molar-refractivity contribution in [3.8, 4) is 17.2 Å². The van der Waals surface area contributed by atoms with Gasteiger partial charge in [-0.15, -0.1) is 4.68 Å². The van der Waals surface area contributed by atoms with Crippen molar-refractivity contribution in [3.05, 3.63) is 62.8 Å². The first-order valence-corrected chi connectivity index (χ1v) is 9.18. The number of ether oxygens (including phenoxy) is 4. The van der Waals surface area contributed by atoms with Gasteiger partial charge in [-0.3, -0.25) is 4.79 Å². The lowest BCUT2D eigenvalue weighted by atomic mass is 10.2. The zero-order valence-electron chi connectivity index (χ0n) is 17.4. The molecule has 0 spiro atoms. The standard InChI is InChI=1S/C21H21N3O7/c1-12(20(26)30-4)31-18-16(28-2)9-13(10-17(18)29-3)11-22-24-19(25)14-7-5-6-8-15(14)23-21(24)27/h5-12H,1-4H3,(H,23,27). The van der Waals surface area contributed by atoms with E-state index in [1.807, 2.05) is 0 Å². The van der Waals surface area contributed by atoms with Crippen molar-refractivity contribution in [2.75, 3.05) is 21.3 Å². The molecule has 10 heteroatoms. The van der Waals surface area contributed by atoms with E-state index in [1.165, 1.54) is 34.5 Å². The Hall–Kier alpha value is -4.08. The number of aromatic amines is 1. The van der Waals surface area contributed by atoms with Crippen molar-refractivity contribution in [1.82, 2.24) is 9.66 Å². The van der Waals surface area contributed by atoms with Gasteiger partial charge in [-0.25, -0.2) is 9.59 Å². The zero-order chi connectivity index (χ0) is 22.5. The average molecular weight is 427 g/mol. The van der Waals surface area contributed by atoms with Crippen LogP contribution in [0.15, 0.2) is 51.1 Å². The summed E-state index contributed by atoms with van der Waals surface area (Å²) in [7, 11) is 4.10. The first-order valence-electron chi connectivity index (χ1n) is 9.18. The normalized spacial score (nSPS) is 12.0. The van der Waals surface area contributed by atoms with Crippen LogP contribution >= 0.6 is 0 Å². The van der Waals surface area contributed by atoms with Gasteiger partial charge >= 0.3 is 11.7 Å². The number of rotatable bonds is 7. The first-order chi connectivity index (χ1) is 14.9. The summed E-state index contributed by atoms with van der Waals surface area (Å²) in [5, 5.41) is 4.35. The van der Waals surface area contributed by atoms with Crippen LogP contribution in [0.3, 0.4) is 0 Å². The van der Waals surface area contributed by atoms with Crippen LogP contribution < -0.4 is 25.5 Å². The Bertz CT molecular complexity index is 1230. The van der Waals surface area contributed by atoms with E-state index in [1.54, 1.807) is 36.4 Å². The van der Waals surface area contributed by atoms with Crippen molar-refractivity contribution in [1.29, 1.82) is 0 Å². The molecule has 0 bridgehead atoms. The van der Waals surface area contributed by atoms with Crippen LogP contribution in [0.25, 0.3) is 10.9 Å². The second kappa shape index (κ2) is 9.16. The molecule has 3 aromatic rings. The summed E-state index contributed by atoms with van der Waals surface area (Å²) in [6.45, 7) is 1.53. The Morgan fingerprint density at radius 1 is 1.10 bits per heavy atom. The number of carbonyl (C=O) groups excluding carboxylic acids is 1. The monoisotopic (exact) mass is 427 g/mol. The molecule has 1 atom stereocenters. The highest BCUT2D eigenvalue weighted by Gasteiger charge is 2.21. The minimum absolute atomic E-state index is 0.195. The van der Waals surface area contributed by atoms with Crippen LogP contribution in [0.2, 0.25) is 0 Å². The SMILES string of the molecule is COC(=O)C(C)Oc1c(OC)cc(C=Nn2c(=O)[nH]c3ccccc3c2=O)cc1OC. The van der Waals surface area contributed by atoms with Gasteiger partial charge in [0, 0.05) is 5.56 Å².